The second-order valence-corrected chi connectivity index (χ2v) is 3.69. The van der Waals surface area contributed by atoms with Gasteiger partial charge in [0.15, 0.2) is 0 Å². The summed E-state index contributed by atoms with van der Waals surface area (Å²) in [6.07, 6.45) is 3.77. The second-order valence-electron chi connectivity index (χ2n) is 3.69. The quantitative estimate of drug-likeness (QED) is 0.804. The molecule has 0 fully saturated rings. The highest BCUT2D eigenvalue weighted by molar-refractivity contribution is 5.55. The first-order chi connectivity index (χ1) is 7.20. The highest BCUT2D eigenvalue weighted by atomic mass is 15.2. The minimum Gasteiger partial charge on any atom is -0.383 e. The van der Waals surface area contributed by atoms with Crippen molar-refractivity contribution in [3.63, 3.8) is 0 Å². The van der Waals surface area contributed by atoms with Crippen molar-refractivity contribution in [2.75, 3.05) is 23.7 Å². The van der Waals surface area contributed by atoms with Crippen LogP contribution in [0.3, 0.4) is 0 Å². The summed E-state index contributed by atoms with van der Waals surface area (Å²) in [4.78, 5) is 10.6. The van der Waals surface area contributed by atoms with Crippen molar-refractivity contribution >= 4 is 11.6 Å². The Balaban J connectivity index is 2.94. The first-order valence-corrected chi connectivity index (χ1v) is 5.52. The van der Waals surface area contributed by atoms with Crippen LogP contribution in [-0.2, 0) is 0 Å². The third-order valence-electron chi connectivity index (χ3n) is 2.38. The molecule has 0 amide bonds. The van der Waals surface area contributed by atoms with E-state index < -0.39 is 0 Å². The first-order valence-electron chi connectivity index (χ1n) is 5.52. The molecule has 0 radical (unpaired) electrons. The molecular weight excluding hydrogens is 188 g/mol. The zero-order valence-electron chi connectivity index (χ0n) is 9.82. The van der Waals surface area contributed by atoms with Gasteiger partial charge in [-0.25, -0.2) is 9.97 Å². The standard InChI is InChI=1S/C11H20N4/c1-4-6-15(7-5-2)11-9(3)10(12)13-8-14-11/h8H,4-7H2,1-3H3,(H2,12,13,14). The Morgan fingerprint density at radius 1 is 1.20 bits per heavy atom. The fourth-order valence-corrected chi connectivity index (χ4v) is 1.64. The maximum atomic E-state index is 5.77. The van der Waals surface area contributed by atoms with Crippen LogP contribution in [0.1, 0.15) is 32.3 Å². The molecule has 0 atom stereocenters. The van der Waals surface area contributed by atoms with Gasteiger partial charge in [0.1, 0.15) is 18.0 Å². The van der Waals surface area contributed by atoms with Gasteiger partial charge in [-0.3, -0.25) is 0 Å². The molecule has 0 unspecified atom stereocenters. The normalized spacial score (nSPS) is 10.3. The lowest BCUT2D eigenvalue weighted by Crippen LogP contribution is -2.27. The predicted octanol–water partition coefficient (Wildman–Crippen LogP) is 1.99. The monoisotopic (exact) mass is 208 g/mol. The van der Waals surface area contributed by atoms with Crippen molar-refractivity contribution in [3.8, 4) is 0 Å². The van der Waals surface area contributed by atoms with Crippen LogP contribution in [0.25, 0.3) is 0 Å². The van der Waals surface area contributed by atoms with Crippen molar-refractivity contribution in [2.24, 2.45) is 0 Å². The van der Waals surface area contributed by atoms with Gasteiger partial charge in [0.25, 0.3) is 0 Å². The first kappa shape index (κ1) is 11.8. The van der Waals surface area contributed by atoms with Gasteiger partial charge in [-0.2, -0.15) is 0 Å². The summed E-state index contributed by atoms with van der Waals surface area (Å²) in [7, 11) is 0. The Hall–Kier alpha value is -1.32. The average Bonchev–Trinajstić information content (AvgIpc) is 2.22. The van der Waals surface area contributed by atoms with E-state index in [0.717, 1.165) is 37.3 Å². The molecule has 0 bridgehead atoms. The van der Waals surface area contributed by atoms with Crippen LogP contribution in [-0.4, -0.2) is 23.1 Å². The molecule has 0 aliphatic heterocycles. The summed E-state index contributed by atoms with van der Waals surface area (Å²) in [5.74, 6) is 1.56. The third-order valence-corrected chi connectivity index (χ3v) is 2.38. The lowest BCUT2D eigenvalue weighted by molar-refractivity contribution is 0.730. The molecule has 84 valence electrons. The molecule has 1 aromatic heterocycles. The van der Waals surface area contributed by atoms with E-state index in [-0.39, 0.29) is 0 Å². The van der Waals surface area contributed by atoms with Crippen molar-refractivity contribution in [1.29, 1.82) is 0 Å². The Morgan fingerprint density at radius 3 is 2.33 bits per heavy atom. The number of nitrogens with zero attached hydrogens (tertiary/aromatic N) is 3. The molecule has 0 saturated carbocycles. The van der Waals surface area contributed by atoms with E-state index in [1.807, 2.05) is 6.92 Å². The van der Waals surface area contributed by atoms with Crippen molar-refractivity contribution in [1.82, 2.24) is 9.97 Å². The number of aromatic nitrogens is 2. The maximum absolute atomic E-state index is 5.77. The molecule has 1 heterocycles. The van der Waals surface area contributed by atoms with Gasteiger partial charge in [0.05, 0.1) is 0 Å². The van der Waals surface area contributed by atoms with Gasteiger partial charge < -0.3 is 10.6 Å². The van der Waals surface area contributed by atoms with Crippen LogP contribution in [0, 0.1) is 6.92 Å². The van der Waals surface area contributed by atoms with Gasteiger partial charge >= 0.3 is 0 Å². The van der Waals surface area contributed by atoms with Crippen molar-refractivity contribution in [2.45, 2.75) is 33.6 Å². The molecule has 1 rings (SSSR count). The summed E-state index contributed by atoms with van der Waals surface area (Å²) in [5.41, 5.74) is 6.76. The Morgan fingerprint density at radius 2 is 1.80 bits per heavy atom. The molecule has 4 heteroatoms. The van der Waals surface area contributed by atoms with E-state index in [2.05, 4.69) is 28.7 Å². The zero-order valence-corrected chi connectivity index (χ0v) is 9.82. The topological polar surface area (TPSA) is 55.0 Å². The van der Waals surface area contributed by atoms with Crippen LogP contribution >= 0.6 is 0 Å². The van der Waals surface area contributed by atoms with Gasteiger partial charge in [-0.15, -0.1) is 0 Å². The van der Waals surface area contributed by atoms with Crippen LogP contribution in [0.15, 0.2) is 6.33 Å². The van der Waals surface area contributed by atoms with E-state index in [1.54, 1.807) is 0 Å². The van der Waals surface area contributed by atoms with E-state index >= 15 is 0 Å². The lowest BCUT2D eigenvalue weighted by atomic mass is 10.2. The average molecular weight is 208 g/mol. The smallest absolute Gasteiger partial charge is 0.137 e. The molecule has 4 nitrogen and oxygen atoms in total. The molecule has 0 spiro atoms. The highest BCUT2D eigenvalue weighted by Crippen LogP contribution is 2.20. The summed E-state index contributed by atoms with van der Waals surface area (Å²) in [6, 6.07) is 0. The largest absolute Gasteiger partial charge is 0.383 e. The minimum atomic E-state index is 0.581. The van der Waals surface area contributed by atoms with Gasteiger partial charge in [0.2, 0.25) is 0 Å². The molecular formula is C11H20N4. The molecule has 0 aliphatic carbocycles. The van der Waals surface area contributed by atoms with Gasteiger partial charge in [0, 0.05) is 18.7 Å². The fourth-order valence-electron chi connectivity index (χ4n) is 1.64. The number of anilines is 2. The summed E-state index contributed by atoms with van der Waals surface area (Å²) in [6.45, 7) is 8.35. The fraction of sp³-hybridized carbons (Fsp3) is 0.636. The van der Waals surface area contributed by atoms with Crippen molar-refractivity contribution in [3.05, 3.63) is 11.9 Å². The molecule has 15 heavy (non-hydrogen) atoms. The number of rotatable bonds is 5. The van der Waals surface area contributed by atoms with E-state index in [1.165, 1.54) is 6.33 Å². The predicted molar refractivity (Wildman–Crippen MR) is 64.0 cm³/mol. The van der Waals surface area contributed by atoms with E-state index in [0.29, 0.717) is 5.82 Å². The lowest BCUT2D eigenvalue weighted by Gasteiger charge is -2.24. The molecule has 0 aliphatic rings. The number of hydrogen-bond donors (Lipinski definition) is 1. The number of nitrogens with two attached hydrogens (primary N) is 1. The molecule has 2 N–H and O–H groups in total. The molecule has 0 saturated heterocycles. The zero-order chi connectivity index (χ0) is 11.3. The van der Waals surface area contributed by atoms with Gasteiger partial charge in [-0.1, -0.05) is 13.8 Å². The van der Waals surface area contributed by atoms with E-state index in [9.17, 15) is 0 Å². The minimum absolute atomic E-state index is 0.581. The third kappa shape index (κ3) is 2.81. The molecule has 0 aromatic carbocycles. The second kappa shape index (κ2) is 5.53. The Bertz CT molecular complexity index is 305. The highest BCUT2D eigenvalue weighted by Gasteiger charge is 2.11. The number of nitrogen functional groups attached to an aromatic ring is 1. The summed E-state index contributed by atoms with van der Waals surface area (Å²) >= 11 is 0. The van der Waals surface area contributed by atoms with Crippen LogP contribution in [0.4, 0.5) is 11.6 Å². The van der Waals surface area contributed by atoms with Crippen molar-refractivity contribution < 1.29 is 0 Å². The van der Waals surface area contributed by atoms with Crippen LogP contribution in [0.5, 0.6) is 0 Å². The Labute approximate surface area is 91.5 Å². The maximum Gasteiger partial charge on any atom is 0.137 e. The van der Waals surface area contributed by atoms with Crippen LogP contribution < -0.4 is 10.6 Å². The summed E-state index contributed by atoms with van der Waals surface area (Å²) < 4.78 is 0. The number of hydrogen-bond acceptors (Lipinski definition) is 4. The van der Waals surface area contributed by atoms with Gasteiger partial charge in [-0.05, 0) is 19.8 Å². The summed E-state index contributed by atoms with van der Waals surface area (Å²) in [5, 5.41) is 0. The molecule has 1 aromatic rings. The SMILES string of the molecule is CCCN(CCC)c1ncnc(N)c1C. The van der Waals surface area contributed by atoms with E-state index in [4.69, 9.17) is 5.73 Å². The Kier molecular flexibility index (Phi) is 4.34. The van der Waals surface area contributed by atoms with Crippen LogP contribution in [0.2, 0.25) is 0 Å².